The number of rotatable bonds is 2. The van der Waals surface area contributed by atoms with E-state index in [2.05, 4.69) is 6.58 Å². The van der Waals surface area contributed by atoms with Gasteiger partial charge in [0, 0.05) is 0 Å². The average Bonchev–Trinajstić information content (AvgIpc) is 1.58. The van der Waals surface area contributed by atoms with Crippen molar-refractivity contribution in [2.75, 3.05) is 5.75 Å². The Morgan fingerprint density at radius 3 is 1.67 bits per heavy atom. The van der Waals surface area contributed by atoms with Crippen LogP contribution in [0.3, 0.4) is 0 Å². The minimum Gasteiger partial charge on any atom is -0.385 e. The van der Waals surface area contributed by atoms with Gasteiger partial charge in [0.15, 0.2) is 6.68 Å². The third-order valence-corrected chi connectivity index (χ3v) is 0.985. The molecule has 0 aromatic heterocycles. The first kappa shape index (κ1) is 18.3. The van der Waals surface area contributed by atoms with E-state index in [0.717, 1.165) is 6.08 Å². The Balaban J connectivity index is -0.000000142. The summed E-state index contributed by atoms with van der Waals surface area (Å²) in [6.45, 7) is 0.0235. The molecule has 0 atom stereocenters. The first-order valence-corrected chi connectivity index (χ1v) is 3.80. The summed E-state index contributed by atoms with van der Waals surface area (Å²) < 4.78 is 56.1. The molecule has 0 radical (unpaired) electrons. The Morgan fingerprint density at radius 1 is 1.42 bits per heavy atom. The third-order valence-electron chi connectivity index (χ3n) is 0.328. The Hall–Kier alpha value is 0.440. The second kappa shape index (κ2) is 9.53. The molecule has 1 N–H and O–H groups in total. The monoisotopic (exact) mass is 214 g/mol. The minimum absolute atomic E-state index is 0. The van der Waals surface area contributed by atoms with Crippen LogP contribution in [0.15, 0.2) is 12.7 Å². The molecule has 0 saturated carbocycles. The van der Waals surface area contributed by atoms with Gasteiger partial charge >= 0.3 is 29.6 Å². The molecule has 0 unspecified atom stereocenters. The van der Waals surface area contributed by atoms with Crippen molar-refractivity contribution in [3.63, 3.8) is 0 Å². The van der Waals surface area contributed by atoms with Crippen LogP contribution in [0.1, 0.15) is 0 Å². The van der Waals surface area contributed by atoms with Crippen LogP contribution in [0.4, 0.5) is 13.2 Å². The van der Waals surface area contributed by atoms with Gasteiger partial charge in [-0.3, -0.25) is 4.55 Å². The summed E-state index contributed by atoms with van der Waals surface area (Å²) in [6.07, 6.45) is 1.12. The van der Waals surface area contributed by atoms with Crippen molar-refractivity contribution in [2.24, 2.45) is 0 Å². The van der Waals surface area contributed by atoms with Gasteiger partial charge in [0.25, 0.3) is 10.1 Å². The molecular formula is C4H6F3NaO3S. The second-order valence-corrected chi connectivity index (χ2v) is 2.75. The molecular weight excluding hydrogens is 208 g/mol. The van der Waals surface area contributed by atoms with Crippen LogP contribution in [0.5, 0.6) is 0 Å². The quantitative estimate of drug-likeness (QED) is 0.261. The molecule has 0 heterocycles. The summed E-state index contributed by atoms with van der Waals surface area (Å²) in [5, 5.41) is 0. The fourth-order valence-electron chi connectivity index (χ4n) is 0.149. The Kier molecular flexibility index (Phi) is 14.5. The Morgan fingerprint density at radius 2 is 1.67 bits per heavy atom. The Labute approximate surface area is 90.7 Å². The van der Waals surface area contributed by atoms with Crippen molar-refractivity contribution >= 4 is 10.1 Å². The van der Waals surface area contributed by atoms with Gasteiger partial charge < -0.3 is 13.2 Å². The van der Waals surface area contributed by atoms with Gasteiger partial charge in [-0.25, -0.2) is 0 Å². The maximum Gasteiger partial charge on any atom is 1.00 e. The zero-order valence-corrected chi connectivity index (χ0v) is 9.11. The van der Waals surface area contributed by atoms with E-state index in [-0.39, 0.29) is 35.3 Å². The summed E-state index contributed by atoms with van der Waals surface area (Å²) in [4.78, 5) is 0. The molecule has 0 amide bonds. The van der Waals surface area contributed by atoms with E-state index in [0.29, 0.717) is 0 Å². The summed E-state index contributed by atoms with van der Waals surface area (Å²) in [7, 11) is -3.79. The van der Waals surface area contributed by atoms with E-state index < -0.39 is 16.8 Å². The summed E-state index contributed by atoms with van der Waals surface area (Å²) in [6, 6.07) is 0. The molecule has 0 aromatic carbocycles. The molecule has 68 valence electrons. The minimum atomic E-state index is -3.79. The van der Waals surface area contributed by atoms with E-state index in [1.807, 2.05) is 0 Å². The van der Waals surface area contributed by atoms with Crippen LogP contribution < -0.4 is 29.6 Å². The van der Waals surface area contributed by atoms with Crippen LogP contribution >= 0.6 is 0 Å². The predicted molar refractivity (Wildman–Crippen MR) is 33.2 cm³/mol. The third kappa shape index (κ3) is 47.2. The van der Waals surface area contributed by atoms with Crippen LogP contribution in [0.25, 0.3) is 0 Å². The molecule has 8 heteroatoms. The van der Waals surface area contributed by atoms with Crippen molar-refractivity contribution in [3.05, 3.63) is 19.3 Å². The standard InChI is InChI=1S/C3H6O3S.CF3.Na/c1-2-3-7(4,5)6;2-1(3)4;/h2H,1,3H2,(H,4,5,6);;/q;-1;+1. The van der Waals surface area contributed by atoms with Crippen LogP contribution in [0, 0.1) is 6.68 Å². The maximum atomic E-state index is 9.72. The van der Waals surface area contributed by atoms with E-state index >= 15 is 0 Å². The van der Waals surface area contributed by atoms with Gasteiger partial charge in [-0.15, -0.1) is 6.58 Å². The van der Waals surface area contributed by atoms with Crippen LogP contribution in [-0.4, -0.2) is 18.7 Å². The smallest absolute Gasteiger partial charge is 0.385 e. The van der Waals surface area contributed by atoms with Gasteiger partial charge in [-0.1, -0.05) is 6.08 Å². The largest absolute Gasteiger partial charge is 1.00 e. The summed E-state index contributed by atoms with van der Waals surface area (Å²) in [5.74, 6) is -0.368. The molecule has 0 aliphatic heterocycles. The van der Waals surface area contributed by atoms with Gasteiger partial charge in [0.2, 0.25) is 0 Å². The van der Waals surface area contributed by atoms with Crippen molar-refractivity contribution in [2.45, 2.75) is 0 Å². The SMILES string of the molecule is C=CCS(=O)(=O)O.F[C-](F)F.[Na+]. The van der Waals surface area contributed by atoms with E-state index in [9.17, 15) is 21.6 Å². The van der Waals surface area contributed by atoms with Gasteiger partial charge in [-0.2, -0.15) is 8.42 Å². The average molecular weight is 214 g/mol. The first-order chi connectivity index (χ1) is 4.79. The summed E-state index contributed by atoms with van der Waals surface area (Å²) >= 11 is 0. The van der Waals surface area contributed by atoms with E-state index in [4.69, 9.17) is 4.55 Å². The maximum absolute atomic E-state index is 9.72. The molecule has 0 spiro atoms. The second-order valence-electron chi connectivity index (χ2n) is 1.25. The first-order valence-electron chi connectivity index (χ1n) is 2.19. The molecule has 0 fully saturated rings. The van der Waals surface area contributed by atoms with Gasteiger partial charge in [0.05, 0.1) is 5.75 Å². The van der Waals surface area contributed by atoms with Gasteiger partial charge in [0.1, 0.15) is 0 Å². The van der Waals surface area contributed by atoms with Crippen LogP contribution in [0.2, 0.25) is 0 Å². The number of halogens is 3. The van der Waals surface area contributed by atoms with Crippen molar-refractivity contribution in [1.82, 2.24) is 0 Å². The van der Waals surface area contributed by atoms with Crippen molar-refractivity contribution in [1.29, 1.82) is 0 Å². The zero-order chi connectivity index (χ0) is 9.49. The molecule has 0 aliphatic rings. The molecule has 12 heavy (non-hydrogen) atoms. The van der Waals surface area contributed by atoms with E-state index in [1.54, 1.807) is 0 Å². The molecule has 0 aromatic rings. The normalized spacial score (nSPS) is 9.42. The number of hydrogen-bond acceptors (Lipinski definition) is 2. The van der Waals surface area contributed by atoms with Crippen molar-refractivity contribution < 1.29 is 55.7 Å². The fraction of sp³-hybridized carbons (Fsp3) is 0.250. The van der Waals surface area contributed by atoms with Crippen molar-refractivity contribution in [3.8, 4) is 0 Å². The molecule has 3 nitrogen and oxygen atoms in total. The predicted octanol–water partition coefficient (Wildman–Crippen LogP) is -1.59. The molecule has 0 aliphatic carbocycles. The molecule has 0 rings (SSSR count). The zero-order valence-electron chi connectivity index (χ0n) is 6.30. The molecule has 0 saturated heterocycles. The van der Waals surface area contributed by atoms with E-state index in [1.165, 1.54) is 0 Å². The fourth-order valence-corrected chi connectivity index (χ4v) is 0.447. The topological polar surface area (TPSA) is 54.4 Å². The van der Waals surface area contributed by atoms with Gasteiger partial charge in [-0.05, 0) is 0 Å². The number of hydrogen-bond donors (Lipinski definition) is 1. The molecule has 0 bridgehead atoms. The summed E-state index contributed by atoms with van der Waals surface area (Å²) in [5.41, 5.74) is 0. The Bertz CT molecular complexity index is 189. The van der Waals surface area contributed by atoms with Crippen LogP contribution in [-0.2, 0) is 10.1 Å².